The van der Waals surface area contributed by atoms with Gasteiger partial charge in [-0.25, -0.2) is 0 Å². The van der Waals surface area contributed by atoms with Crippen LogP contribution in [0.5, 0.6) is 0 Å². The SMILES string of the molecule is CC(C)CNCC(=Cc1cccs1)C(C)C. The summed E-state index contributed by atoms with van der Waals surface area (Å²) in [7, 11) is 0. The van der Waals surface area contributed by atoms with E-state index >= 15 is 0 Å². The lowest BCUT2D eigenvalue weighted by Crippen LogP contribution is -2.23. The largest absolute Gasteiger partial charge is 0.313 e. The molecule has 0 aromatic carbocycles. The number of nitrogens with one attached hydrogen (secondary N) is 1. The van der Waals surface area contributed by atoms with E-state index in [1.165, 1.54) is 10.5 Å². The highest BCUT2D eigenvalue weighted by Gasteiger charge is 2.04. The monoisotopic (exact) mass is 237 g/mol. The maximum atomic E-state index is 3.52. The molecule has 0 amide bonds. The predicted octanol–water partition coefficient (Wildman–Crippen LogP) is 4.03. The van der Waals surface area contributed by atoms with Gasteiger partial charge in [0.15, 0.2) is 0 Å². The minimum Gasteiger partial charge on any atom is -0.313 e. The second-order valence-electron chi connectivity index (χ2n) is 4.91. The summed E-state index contributed by atoms with van der Waals surface area (Å²) in [6, 6.07) is 4.28. The Morgan fingerprint density at radius 1 is 1.38 bits per heavy atom. The van der Waals surface area contributed by atoms with Crippen molar-refractivity contribution < 1.29 is 0 Å². The van der Waals surface area contributed by atoms with E-state index in [0.29, 0.717) is 5.92 Å². The quantitative estimate of drug-likeness (QED) is 0.787. The van der Waals surface area contributed by atoms with E-state index < -0.39 is 0 Å². The van der Waals surface area contributed by atoms with E-state index in [1.54, 1.807) is 11.3 Å². The molecule has 0 aliphatic heterocycles. The molecule has 0 unspecified atom stereocenters. The summed E-state index contributed by atoms with van der Waals surface area (Å²) >= 11 is 1.80. The van der Waals surface area contributed by atoms with E-state index in [0.717, 1.165) is 19.0 Å². The van der Waals surface area contributed by atoms with Crippen LogP contribution in [0.1, 0.15) is 32.6 Å². The molecule has 0 bridgehead atoms. The molecule has 16 heavy (non-hydrogen) atoms. The fourth-order valence-electron chi connectivity index (χ4n) is 1.48. The van der Waals surface area contributed by atoms with Gasteiger partial charge in [0, 0.05) is 11.4 Å². The summed E-state index contributed by atoms with van der Waals surface area (Å²) in [6.45, 7) is 11.1. The van der Waals surface area contributed by atoms with Crippen molar-refractivity contribution in [2.75, 3.05) is 13.1 Å². The molecule has 0 atom stereocenters. The number of rotatable bonds is 6. The average molecular weight is 237 g/mol. The molecule has 1 N–H and O–H groups in total. The molecule has 90 valence electrons. The van der Waals surface area contributed by atoms with Crippen LogP contribution in [0.3, 0.4) is 0 Å². The van der Waals surface area contributed by atoms with Gasteiger partial charge in [0.25, 0.3) is 0 Å². The highest BCUT2D eigenvalue weighted by molar-refractivity contribution is 7.10. The molecule has 0 spiro atoms. The van der Waals surface area contributed by atoms with E-state index in [-0.39, 0.29) is 0 Å². The van der Waals surface area contributed by atoms with E-state index in [1.807, 2.05) is 0 Å². The van der Waals surface area contributed by atoms with Crippen molar-refractivity contribution in [3.8, 4) is 0 Å². The smallest absolute Gasteiger partial charge is 0.0270 e. The first kappa shape index (κ1) is 13.5. The van der Waals surface area contributed by atoms with Gasteiger partial charge < -0.3 is 5.32 Å². The Morgan fingerprint density at radius 3 is 2.62 bits per heavy atom. The zero-order chi connectivity index (χ0) is 12.0. The van der Waals surface area contributed by atoms with Gasteiger partial charge >= 0.3 is 0 Å². The minimum absolute atomic E-state index is 0.613. The summed E-state index contributed by atoms with van der Waals surface area (Å²) in [5, 5.41) is 5.65. The standard InChI is InChI=1S/C14H23NS/c1-11(2)9-15-10-13(12(3)4)8-14-6-5-7-16-14/h5-8,11-12,15H,9-10H2,1-4H3. The van der Waals surface area contributed by atoms with Crippen molar-refractivity contribution in [2.24, 2.45) is 11.8 Å². The summed E-state index contributed by atoms with van der Waals surface area (Å²) in [6.07, 6.45) is 2.32. The van der Waals surface area contributed by atoms with Crippen LogP contribution < -0.4 is 5.32 Å². The highest BCUT2D eigenvalue weighted by Crippen LogP contribution is 2.17. The summed E-state index contributed by atoms with van der Waals surface area (Å²) in [4.78, 5) is 1.36. The Hall–Kier alpha value is -0.600. The molecule has 0 radical (unpaired) electrons. The molecule has 0 aliphatic rings. The van der Waals surface area contributed by atoms with Crippen LogP contribution >= 0.6 is 11.3 Å². The lowest BCUT2D eigenvalue weighted by molar-refractivity contribution is 0.558. The fourth-order valence-corrected chi connectivity index (χ4v) is 2.17. The third-order valence-corrected chi connectivity index (χ3v) is 3.31. The number of thiophene rings is 1. The zero-order valence-corrected chi connectivity index (χ0v) is 11.6. The van der Waals surface area contributed by atoms with Crippen LogP contribution in [0.2, 0.25) is 0 Å². The van der Waals surface area contributed by atoms with Crippen molar-refractivity contribution in [3.05, 3.63) is 28.0 Å². The van der Waals surface area contributed by atoms with Crippen LogP contribution in [0, 0.1) is 11.8 Å². The second-order valence-corrected chi connectivity index (χ2v) is 5.89. The molecule has 1 rings (SSSR count). The normalized spacial score (nSPS) is 12.8. The van der Waals surface area contributed by atoms with Gasteiger partial charge in [-0.05, 0) is 35.9 Å². The van der Waals surface area contributed by atoms with Crippen molar-refractivity contribution in [1.29, 1.82) is 0 Å². The highest BCUT2D eigenvalue weighted by atomic mass is 32.1. The lowest BCUT2D eigenvalue weighted by Gasteiger charge is -2.13. The van der Waals surface area contributed by atoms with Crippen molar-refractivity contribution in [2.45, 2.75) is 27.7 Å². The van der Waals surface area contributed by atoms with Crippen LogP contribution in [0.25, 0.3) is 6.08 Å². The fraction of sp³-hybridized carbons (Fsp3) is 0.571. The molecule has 0 aliphatic carbocycles. The minimum atomic E-state index is 0.613. The molecule has 2 heteroatoms. The molecule has 0 fully saturated rings. The Bertz CT molecular complexity index is 309. The Labute approximate surface area is 104 Å². The van der Waals surface area contributed by atoms with Crippen molar-refractivity contribution in [1.82, 2.24) is 5.32 Å². The number of hydrogen-bond acceptors (Lipinski definition) is 2. The van der Waals surface area contributed by atoms with Crippen molar-refractivity contribution in [3.63, 3.8) is 0 Å². The van der Waals surface area contributed by atoms with Crippen LogP contribution in [0.4, 0.5) is 0 Å². The maximum Gasteiger partial charge on any atom is 0.0270 e. The third-order valence-electron chi connectivity index (χ3n) is 2.49. The van der Waals surface area contributed by atoms with E-state index in [9.17, 15) is 0 Å². The van der Waals surface area contributed by atoms with Crippen LogP contribution in [-0.2, 0) is 0 Å². The van der Waals surface area contributed by atoms with Gasteiger partial charge in [-0.1, -0.05) is 39.3 Å². The van der Waals surface area contributed by atoms with Crippen molar-refractivity contribution >= 4 is 17.4 Å². The summed E-state index contributed by atoms with van der Waals surface area (Å²) < 4.78 is 0. The van der Waals surface area contributed by atoms with E-state index in [4.69, 9.17) is 0 Å². The molecule has 1 nitrogen and oxygen atoms in total. The Kier molecular flexibility index (Phi) is 5.78. The second kappa shape index (κ2) is 6.87. The molecule has 1 aromatic rings. The van der Waals surface area contributed by atoms with Gasteiger partial charge in [-0.3, -0.25) is 0 Å². The van der Waals surface area contributed by atoms with Gasteiger partial charge in [0.05, 0.1) is 0 Å². The molecule has 0 saturated carbocycles. The molecule has 0 saturated heterocycles. The average Bonchev–Trinajstić information content (AvgIpc) is 2.68. The first-order valence-corrected chi connectivity index (χ1v) is 6.92. The van der Waals surface area contributed by atoms with E-state index in [2.05, 4.69) is 56.6 Å². The molecular formula is C14H23NS. The lowest BCUT2D eigenvalue weighted by atomic mass is 10.0. The maximum absolute atomic E-state index is 3.52. The Balaban J connectivity index is 2.54. The zero-order valence-electron chi connectivity index (χ0n) is 10.8. The van der Waals surface area contributed by atoms with Crippen LogP contribution in [0.15, 0.2) is 23.1 Å². The Morgan fingerprint density at radius 2 is 2.12 bits per heavy atom. The van der Waals surface area contributed by atoms with Crippen LogP contribution in [-0.4, -0.2) is 13.1 Å². The number of hydrogen-bond donors (Lipinski definition) is 1. The summed E-state index contributed by atoms with van der Waals surface area (Å²) in [5.74, 6) is 1.33. The van der Waals surface area contributed by atoms with Gasteiger partial charge in [-0.15, -0.1) is 11.3 Å². The molecule has 1 heterocycles. The molecule has 1 aromatic heterocycles. The topological polar surface area (TPSA) is 12.0 Å². The third kappa shape index (κ3) is 4.95. The van der Waals surface area contributed by atoms with Gasteiger partial charge in [-0.2, -0.15) is 0 Å². The summed E-state index contributed by atoms with van der Waals surface area (Å²) in [5.41, 5.74) is 1.49. The first-order valence-electron chi connectivity index (χ1n) is 6.04. The predicted molar refractivity (Wildman–Crippen MR) is 74.8 cm³/mol. The first-order chi connectivity index (χ1) is 7.59. The molecular weight excluding hydrogens is 214 g/mol. The van der Waals surface area contributed by atoms with Gasteiger partial charge in [0.1, 0.15) is 0 Å². The van der Waals surface area contributed by atoms with Gasteiger partial charge in [0.2, 0.25) is 0 Å².